The molecule has 0 spiro atoms. The molecule has 1 atom stereocenters. The van der Waals surface area contributed by atoms with Crippen LogP contribution in [0.3, 0.4) is 0 Å². The fourth-order valence-corrected chi connectivity index (χ4v) is 7.09. The molecule has 0 aliphatic heterocycles. The summed E-state index contributed by atoms with van der Waals surface area (Å²) in [6, 6.07) is 10.9. The van der Waals surface area contributed by atoms with Crippen LogP contribution in [0, 0.1) is 18.8 Å². The number of aromatic nitrogens is 2. The molecule has 2 amide bonds. The van der Waals surface area contributed by atoms with E-state index < -0.39 is 7.29 Å². The minimum absolute atomic E-state index is 0.134. The first-order valence-corrected chi connectivity index (χ1v) is 16.5. The van der Waals surface area contributed by atoms with Gasteiger partial charge < -0.3 is 15.4 Å². The number of benzene rings is 1. The minimum Gasteiger partial charge on any atom is -0.347 e. The number of thiazole rings is 1. The van der Waals surface area contributed by atoms with Gasteiger partial charge in [-0.1, -0.05) is 61.9 Å². The van der Waals surface area contributed by atoms with Crippen molar-refractivity contribution in [1.82, 2.24) is 15.3 Å². The summed E-state index contributed by atoms with van der Waals surface area (Å²) in [5.41, 5.74) is 1.85. The first-order valence-electron chi connectivity index (χ1n) is 10.8. The maximum absolute atomic E-state index is 13.3. The van der Waals surface area contributed by atoms with Crippen molar-refractivity contribution in [1.29, 1.82) is 0 Å². The van der Waals surface area contributed by atoms with Crippen LogP contribution in [-0.2, 0) is 16.9 Å². The molecule has 1 unspecified atom stereocenters. The monoisotopic (exact) mass is 647 g/mol. The average Bonchev–Trinajstić information content (AvgIpc) is 3.18. The Morgan fingerprint density at radius 3 is 2.54 bits per heavy atom. The van der Waals surface area contributed by atoms with Crippen molar-refractivity contribution in [2.24, 2.45) is 11.8 Å². The van der Waals surface area contributed by atoms with Gasteiger partial charge in [0, 0.05) is 51.1 Å². The van der Waals surface area contributed by atoms with Crippen molar-refractivity contribution in [2.45, 2.75) is 32.6 Å². The van der Waals surface area contributed by atoms with Gasteiger partial charge in [0.15, 0.2) is 10.3 Å². The topological polar surface area (TPSA) is 113 Å². The van der Waals surface area contributed by atoms with Crippen molar-refractivity contribution < 1.29 is 13.8 Å². The first-order chi connectivity index (χ1) is 16.5. The Morgan fingerprint density at radius 1 is 1.20 bits per heavy atom. The quantitative estimate of drug-likeness (QED) is 0.110. The molecule has 0 bridgehead atoms. The van der Waals surface area contributed by atoms with Crippen molar-refractivity contribution in [3.63, 3.8) is 0 Å². The van der Waals surface area contributed by atoms with Crippen LogP contribution < -0.4 is 15.4 Å². The molecule has 188 valence electrons. The van der Waals surface area contributed by atoms with Gasteiger partial charge in [0.05, 0.1) is 22.8 Å². The summed E-state index contributed by atoms with van der Waals surface area (Å²) in [4.78, 5) is 34.5. The maximum atomic E-state index is 13.3. The van der Waals surface area contributed by atoms with Crippen LogP contribution in [0.15, 0.2) is 47.5 Å². The SMILES string of the molecule is Cc1nc(NC(=O)CNC(=O)C(C)C(C)C)sc1-c1cnc(Cl)c(N[SH](=O)(I)c2ccccc2)c1. The number of hydrogen-bond donors (Lipinski definition) is 4. The highest BCUT2D eigenvalue weighted by atomic mass is 127. The molecule has 35 heavy (non-hydrogen) atoms. The Kier molecular flexibility index (Phi) is 9.24. The lowest BCUT2D eigenvalue weighted by Crippen LogP contribution is -2.37. The fraction of sp³-hybridized carbons (Fsp3) is 0.304. The fourth-order valence-electron chi connectivity index (χ4n) is 3.00. The number of pyridine rings is 1. The number of carbonyl (C=O) groups is 2. The lowest BCUT2D eigenvalue weighted by atomic mass is 9.97. The van der Waals surface area contributed by atoms with Crippen molar-refractivity contribution >= 4 is 74.1 Å². The number of halogens is 2. The first kappa shape index (κ1) is 27.5. The van der Waals surface area contributed by atoms with Gasteiger partial charge >= 0.3 is 0 Å². The summed E-state index contributed by atoms with van der Waals surface area (Å²) >= 11 is 9.47. The molecule has 0 fully saturated rings. The molecule has 1 aromatic carbocycles. The van der Waals surface area contributed by atoms with Crippen molar-refractivity contribution in [3.05, 3.63) is 53.4 Å². The van der Waals surface area contributed by atoms with E-state index in [1.165, 1.54) is 11.3 Å². The van der Waals surface area contributed by atoms with Gasteiger partial charge in [0.1, 0.15) is 0 Å². The number of hydrogen-bond acceptors (Lipinski definition) is 6. The highest BCUT2D eigenvalue weighted by Crippen LogP contribution is 2.37. The molecule has 2 aromatic heterocycles. The summed E-state index contributed by atoms with van der Waals surface area (Å²) in [7, 11) is -2.97. The second-order valence-corrected chi connectivity index (χ2v) is 15.5. The molecular weight excluding hydrogens is 621 g/mol. The molecule has 3 N–H and O–H groups in total. The van der Waals surface area contributed by atoms with Gasteiger partial charge in [-0.05, 0) is 31.0 Å². The standard InChI is InChI=1S/C23H27ClIN5O3S2/c1-13(2)14(3)22(32)27-12-19(31)29-23-28-15(4)20(34-23)16-10-18(21(24)26-11-16)30-35(25,33)17-8-6-5-7-9-17/h5-11,13-14,35H,12H2,1-4H3,(H,27,32)(H,30,33)(H,28,29,31). The number of nitrogens with zero attached hydrogens (tertiary/aromatic N) is 2. The van der Waals surface area contributed by atoms with Gasteiger partial charge in [-0.2, -0.15) is 0 Å². The Morgan fingerprint density at radius 2 is 1.89 bits per heavy atom. The van der Waals surface area contributed by atoms with Crippen LogP contribution in [0.25, 0.3) is 10.4 Å². The third kappa shape index (κ3) is 7.21. The number of carbonyl (C=O) groups excluding carboxylic acids is 2. The van der Waals surface area contributed by atoms with E-state index in [0.29, 0.717) is 21.4 Å². The van der Waals surface area contributed by atoms with Crippen molar-refractivity contribution in [3.8, 4) is 10.4 Å². The number of amides is 2. The molecule has 12 heteroatoms. The Labute approximate surface area is 226 Å². The normalized spacial score (nSPS) is 12.8. The molecule has 0 radical (unpaired) electrons. The average molecular weight is 648 g/mol. The van der Waals surface area contributed by atoms with Crippen LogP contribution in [0.4, 0.5) is 10.8 Å². The summed E-state index contributed by atoms with van der Waals surface area (Å²) in [5, 5.41) is 5.98. The number of aryl methyl sites for hydroxylation is 1. The molecule has 0 saturated carbocycles. The van der Waals surface area contributed by atoms with E-state index in [4.69, 9.17) is 11.6 Å². The van der Waals surface area contributed by atoms with Crippen LogP contribution in [0.1, 0.15) is 26.5 Å². The number of thiol groups is 1. The van der Waals surface area contributed by atoms with E-state index in [1.54, 1.807) is 24.4 Å². The van der Waals surface area contributed by atoms with E-state index in [9.17, 15) is 13.8 Å². The third-order valence-corrected chi connectivity index (χ3v) is 10.6. The number of rotatable bonds is 9. The molecule has 3 rings (SSSR count). The Balaban J connectivity index is 1.73. The molecule has 8 nitrogen and oxygen atoms in total. The highest BCUT2D eigenvalue weighted by Gasteiger charge is 2.20. The number of anilines is 2. The van der Waals surface area contributed by atoms with Gasteiger partial charge in [0.2, 0.25) is 11.8 Å². The summed E-state index contributed by atoms with van der Waals surface area (Å²) < 4.78 is 16.3. The van der Waals surface area contributed by atoms with Crippen molar-refractivity contribution in [2.75, 3.05) is 16.6 Å². The van der Waals surface area contributed by atoms with Crippen LogP contribution in [-0.4, -0.2) is 32.5 Å². The summed E-state index contributed by atoms with van der Waals surface area (Å²) in [6.45, 7) is 7.43. The van der Waals surface area contributed by atoms with Gasteiger partial charge in [-0.3, -0.25) is 13.8 Å². The predicted molar refractivity (Wildman–Crippen MR) is 153 cm³/mol. The molecule has 2 heterocycles. The second-order valence-electron chi connectivity index (χ2n) is 8.27. The van der Waals surface area contributed by atoms with E-state index in [1.807, 2.05) is 67.1 Å². The Bertz CT molecular complexity index is 1270. The largest absolute Gasteiger partial charge is 0.347 e. The zero-order chi connectivity index (χ0) is 25.8. The molecule has 0 saturated heterocycles. The maximum Gasteiger partial charge on any atom is 0.245 e. The van der Waals surface area contributed by atoms with Crippen LogP contribution in [0.5, 0.6) is 0 Å². The van der Waals surface area contributed by atoms with Gasteiger partial charge in [-0.25, -0.2) is 9.97 Å². The smallest absolute Gasteiger partial charge is 0.245 e. The van der Waals surface area contributed by atoms with E-state index in [-0.39, 0.29) is 35.3 Å². The molecule has 3 aromatic rings. The zero-order valence-electron chi connectivity index (χ0n) is 19.6. The second kappa shape index (κ2) is 11.8. The summed E-state index contributed by atoms with van der Waals surface area (Å²) in [5.74, 6) is -0.527. The van der Waals surface area contributed by atoms with E-state index in [0.717, 1.165) is 10.4 Å². The lowest BCUT2D eigenvalue weighted by molar-refractivity contribution is -0.127. The molecular formula is C23H27ClIN5O3S2. The number of nitrogens with one attached hydrogen (secondary N) is 3. The molecule has 0 aliphatic rings. The molecule has 0 aliphatic carbocycles. The third-order valence-electron chi connectivity index (χ3n) is 5.33. The highest BCUT2D eigenvalue weighted by molar-refractivity contribution is 14.2. The minimum atomic E-state index is -2.97. The van der Waals surface area contributed by atoms with Gasteiger partial charge in [0.25, 0.3) is 0 Å². The van der Waals surface area contributed by atoms with Crippen LogP contribution in [0.2, 0.25) is 5.15 Å². The van der Waals surface area contributed by atoms with E-state index in [2.05, 4.69) is 25.3 Å². The zero-order valence-corrected chi connectivity index (χ0v) is 24.3. The van der Waals surface area contributed by atoms with Gasteiger partial charge in [-0.15, -0.1) is 0 Å². The predicted octanol–water partition coefficient (Wildman–Crippen LogP) is 5.27. The summed E-state index contributed by atoms with van der Waals surface area (Å²) in [6.07, 6.45) is 1.60. The van der Waals surface area contributed by atoms with E-state index >= 15 is 0 Å². The Hall–Kier alpha value is -2.09. The van der Waals surface area contributed by atoms with Crippen LogP contribution >= 0.6 is 44.1 Å². The lowest BCUT2D eigenvalue weighted by Gasteiger charge is -2.21.